The molecule has 0 radical (unpaired) electrons. The SMILES string of the molecule is Cc1cccc(C(=O)O)c1NC(=O)N(C)C(C)CO. The molecule has 0 saturated heterocycles. The average Bonchev–Trinajstić information content (AvgIpc) is 2.38. The summed E-state index contributed by atoms with van der Waals surface area (Å²) in [5.41, 5.74) is 0.980. The number of carbonyl (C=O) groups is 2. The summed E-state index contributed by atoms with van der Waals surface area (Å²) >= 11 is 0. The van der Waals surface area contributed by atoms with E-state index >= 15 is 0 Å². The van der Waals surface area contributed by atoms with Gasteiger partial charge in [0.15, 0.2) is 0 Å². The fourth-order valence-corrected chi connectivity index (χ4v) is 1.53. The first-order chi connectivity index (χ1) is 8.88. The van der Waals surface area contributed by atoms with E-state index in [0.717, 1.165) is 0 Å². The number of nitrogens with zero attached hydrogens (tertiary/aromatic N) is 1. The molecule has 0 heterocycles. The lowest BCUT2D eigenvalue weighted by Crippen LogP contribution is -2.40. The van der Waals surface area contributed by atoms with Crippen molar-refractivity contribution < 1.29 is 19.8 Å². The Kier molecular flexibility index (Phi) is 4.88. The molecular weight excluding hydrogens is 248 g/mol. The van der Waals surface area contributed by atoms with E-state index in [1.165, 1.54) is 18.0 Å². The zero-order valence-corrected chi connectivity index (χ0v) is 11.2. The van der Waals surface area contributed by atoms with E-state index in [-0.39, 0.29) is 23.9 Å². The van der Waals surface area contributed by atoms with Gasteiger partial charge in [-0.3, -0.25) is 0 Å². The van der Waals surface area contributed by atoms with Crippen LogP contribution in [0.5, 0.6) is 0 Å². The number of nitrogens with one attached hydrogen (secondary N) is 1. The minimum Gasteiger partial charge on any atom is -0.478 e. The molecule has 0 aromatic heterocycles. The first-order valence-electron chi connectivity index (χ1n) is 5.86. The number of aromatic carboxylic acids is 1. The lowest BCUT2D eigenvalue weighted by Gasteiger charge is -2.24. The monoisotopic (exact) mass is 266 g/mol. The highest BCUT2D eigenvalue weighted by molar-refractivity contribution is 6.00. The smallest absolute Gasteiger partial charge is 0.337 e. The minimum atomic E-state index is -1.10. The number of hydrogen-bond donors (Lipinski definition) is 3. The first-order valence-corrected chi connectivity index (χ1v) is 5.86. The van der Waals surface area contributed by atoms with Crippen LogP contribution in [0.4, 0.5) is 10.5 Å². The van der Waals surface area contributed by atoms with Crippen molar-refractivity contribution in [3.63, 3.8) is 0 Å². The summed E-state index contributed by atoms with van der Waals surface area (Å²) in [7, 11) is 1.54. The summed E-state index contributed by atoms with van der Waals surface area (Å²) in [5, 5.41) is 20.7. The Labute approximate surface area is 111 Å². The van der Waals surface area contributed by atoms with Gasteiger partial charge in [-0.2, -0.15) is 0 Å². The van der Waals surface area contributed by atoms with Crippen LogP contribution in [0.1, 0.15) is 22.8 Å². The Morgan fingerprint density at radius 1 is 1.42 bits per heavy atom. The zero-order valence-electron chi connectivity index (χ0n) is 11.2. The van der Waals surface area contributed by atoms with Gasteiger partial charge in [0.2, 0.25) is 0 Å². The van der Waals surface area contributed by atoms with E-state index in [4.69, 9.17) is 10.2 Å². The number of likely N-dealkylation sites (N-methyl/N-ethyl adjacent to an activating group) is 1. The molecule has 6 heteroatoms. The zero-order chi connectivity index (χ0) is 14.6. The summed E-state index contributed by atoms with van der Waals surface area (Å²) in [6, 6.07) is 3.96. The van der Waals surface area contributed by atoms with Gasteiger partial charge in [-0.25, -0.2) is 9.59 Å². The predicted octanol–water partition coefficient (Wildman–Crippen LogP) is 1.54. The molecule has 0 saturated carbocycles. The predicted molar refractivity (Wildman–Crippen MR) is 71.5 cm³/mol. The molecular formula is C13H18N2O4. The number of amides is 2. The number of aryl methyl sites for hydroxylation is 1. The number of carboxylic acid groups (broad SMARTS) is 1. The van der Waals surface area contributed by atoms with E-state index in [1.54, 1.807) is 26.0 Å². The van der Waals surface area contributed by atoms with Crippen molar-refractivity contribution in [2.24, 2.45) is 0 Å². The molecule has 6 nitrogen and oxygen atoms in total. The number of carboxylic acids is 1. The lowest BCUT2D eigenvalue weighted by molar-refractivity contribution is 0.0698. The van der Waals surface area contributed by atoms with Gasteiger partial charge >= 0.3 is 12.0 Å². The molecule has 1 rings (SSSR count). The number of para-hydroxylation sites is 1. The topological polar surface area (TPSA) is 89.9 Å². The molecule has 1 atom stereocenters. The summed E-state index contributed by atoms with van der Waals surface area (Å²) in [6.45, 7) is 3.25. The minimum absolute atomic E-state index is 0.0402. The molecule has 0 aliphatic carbocycles. The molecule has 0 aliphatic rings. The molecule has 0 fully saturated rings. The van der Waals surface area contributed by atoms with Crippen LogP contribution in [0.25, 0.3) is 0 Å². The van der Waals surface area contributed by atoms with Crippen LogP contribution in [-0.2, 0) is 0 Å². The van der Waals surface area contributed by atoms with Crippen LogP contribution in [0, 0.1) is 6.92 Å². The third-order valence-electron chi connectivity index (χ3n) is 2.98. The maximum atomic E-state index is 12.0. The van der Waals surface area contributed by atoms with Crippen LogP contribution in [-0.4, -0.2) is 46.8 Å². The van der Waals surface area contributed by atoms with Crippen molar-refractivity contribution >= 4 is 17.7 Å². The van der Waals surface area contributed by atoms with E-state index in [0.29, 0.717) is 5.56 Å². The molecule has 0 aliphatic heterocycles. The normalized spacial score (nSPS) is 11.8. The van der Waals surface area contributed by atoms with Gasteiger partial charge in [-0.05, 0) is 25.5 Å². The second kappa shape index (κ2) is 6.19. The standard InChI is InChI=1S/C13H18N2O4/c1-8-5-4-6-10(12(17)18)11(8)14-13(19)15(3)9(2)7-16/h4-6,9,16H,7H2,1-3H3,(H,14,19)(H,17,18). The van der Waals surface area contributed by atoms with Gasteiger partial charge in [-0.15, -0.1) is 0 Å². The molecule has 1 aromatic rings. The third-order valence-corrected chi connectivity index (χ3v) is 2.98. The quantitative estimate of drug-likeness (QED) is 0.771. The number of benzene rings is 1. The summed E-state index contributed by atoms with van der Waals surface area (Å²) in [6.07, 6.45) is 0. The Morgan fingerprint density at radius 2 is 2.05 bits per heavy atom. The first kappa shape index (κ1) is 15.0. The Balaban J connectivity index is 2.99. The van der Waals surface area contributed by atoms with Crippen LogP contribution in [0.3, 0.4) is 0 Å². The highest BCUT2D eigenvalue weighted by atomic mass is 16.4. The Hall–Kier alpha value is -2.08. The fourth-order valence-electron chi connectivity index (χ4n) is 1.53. The number of rotatable bonds is 4. The summed E-state index contributed by atoms with van der Waals surface area (Å²) < 4.78 is 0. The van der Waals surface area contributed by atoms with Crippen molar-refractivity contribution in [2.75, 3.05) is 19.0 Å². The number of hydrogen-bond acceptors (Lipinski definition) is 3. The average molecular weight is 266 g/mol. The Bertz CT molecular complexity index is 488. The highest BCUT2D eigenvalue weighted by Crippen LogP contribution is 2.21. The molecule has 19 heavy (non-hydrogen) atoms. The van der Waals surface area contributed by atoms with Crippen LogP contribution in [0.2, 0.25) is 0 Å². The van der Waals surface area contributed by atoms with Crippen molar-refractivity contribution in [3.05, 3.63) is 29.3 Å². The molecule has 0 spiro atoms. The maximum Gasteiger partial charge on any atom is 0.337 e. The molecule has 1 aromatic carbocycles. The molecule has 104 valence electrons. The largest absolute Gasteiger partial charge is 0.478 e. The lowest BCUT2D eigenvalue weighted by atomic mass is 10.1. The molecule has 0 bridgehead atoms. The van der Waals surface area contributed by atoms with E-state index in [9.17, 15) is 9.59 Å². The summed E-state index contributed by atoms with van der Waals surface area (Å²) in [4.78, 5) is 24.4. The van der Waals surface area contributed by atoms with Gasteiger partial charge in [0.25, 0.3) is 0 Å². The second-order valence-corrected chi connectivity index (χ2v) is 4.38. The van der Waals surface area contributed by atoms with Crippen LogP contribution < -0.4 is 5.32 Å². The maximum absolute atomic E-state index is 12.0. The van der Waals surface area contributed by atoms with Crippen LogP contribution in [0.15, 0.2) is 18.2 Å². The summed E-state index contributed by atoms with van der Waals surface area (Å²) in [5.74, 6) is -1.10. The molecule has 1 unspecified atom stereocenters. The van der Waals surface area contributed by atoms with Crippen LogP contribution >= 0.6 is 0 Å². The van der Waals surface area contributed by atoms with E-state index in [1.807, 2.05) is 0 Å². The number of carbonyl (C=O) groups excluding carboxylic acids is 1. The van der Waals surface area contributed by atoms with E-state index in [2.05, 4.69) is 5.32 Å². The van der Waals surface area contributed by atoms with Crippen molar-refractivity contribution in [1.82, 2.24) is 4.90 Å². The highest BCUT2D eigenvalue weighted by Gasteiger charge is 2.19. The number of anilines is 1. The third kappa shape index (κ3) is 3.45. The molecule has 2 amide bonds. The molecule has 3 N–H and O–H groups in total. The van der Waals surface area contributed by atoms with Gasteiger partial charge in [-0.1, -0.05) is 12.1 Å². The van der Waals surface area contributed by atoms with Gasteiger partial charge in [0.1, 0.15) is 0 Å². The van der Waals surface area contributed by atoms with E-state index < -0.39 is 12.0 Å². The number of aliphatic hydroxyl groups is 1. The fraction of sp³-hybridized carbons (Fsp3) is 0.385. The number of urea groups is 1. The second-order valence-electron chi connectivity index (χ2n) is 4.38. The van der Waals surface area contributed by atoms with Crippen molar-refractivity contribution in [1.29, 1.82) is 0 Å². The van der Waals surface area contributed by atoms with Crippen molar-refractivity contribution in [2.45, 2.75) is 19.9 Å². The number of aliphatic hydroxyl groups excluding tert-OH is 1. The Morgan fingerprint density at radius 3 is 2.58 bits per heavy atom. The van der Waals surface area contributed by atoms with Gasteiger partial charge in [0, 0.05) is 7.05 Å². The van der Waals surface area contributed by atoms with Gasteiger partial charge < -0.3 is 20.4 Å². The van der Waals surface area contributed by atoms with Crippen molar-refractivity contribution in [3.8, 4) is 0 Å². The van der Waals surface area contributed by atoms with Gasteiger partial charge in [0.05, 0.1) is 23.9 Å².